The van der Waals surface area contributed by atoms with E-state index in [1.165, 1.54) is 0 Å². The fraction of sp³-hybridized carbons (Fsp3) is 0.800. The van der Waals surface area contributed by atoms with Crippen molar-refractivity contribution in [1.82, 2.24) is 0 Å². The van der Waals surface area contributed by atoms with Crippen molar-refractivity contribution in [2.24, 2.45) is 0 Å². The predicted octanol–water partition coefficient (Wildman–Crippen LogP) is 1.13. The molecule has 3 heteroatoms. The molecule has 1 saturated heterocycles. The molecule has 0 aliphatic carbocycles. The molecule has 1 aliphatic rings. The number of carbonyl (C=O) groups is 1. The summed E-state index contributed by atoms with van der Waals surface area (Å²) in [6, 6.07) is 0. The number of hydrogen-bond acceptors (Lipinski definition) is 2. The minimum absolute atomic E-state index is 0.0874. The third-order valence-corrected chi connectivity index (χ3v) is 1.88. The fourth-order valence-electron chi connectivity index (χ4n) is 0.757. The largest absolute Gasteiger partial charge is 0.370 e. The van der Waals surface area contributed by atoms with E-state index in [1.807, 2.05) is 0 Å². The first-order chi connectivity index (χ1) is 3.80. The van der Waals surface area contributed by atoms with Crippen molar-refractivity contribution in [3.63, 3.8) is 0 Å². The van der Waals surface area contributed by atoms with Gasteiger partial charge in [0.1, 0.15) is 6.10 Å². The maximum absolute atomic E-state index is 10.5. The number of halogens is 1. The lowest BCUT2D eigenvalue weighted by molar-refractivity contribution is -0.117. The van der Waals surface area contributed by atoms with Gasteiger partial charge in [0.2, 0.25) is 3.79 Å². The van der Waals surface area contributed by atoms with Crippen molar-refractivity contribution in [3.05, 3.63) is 0 Å². The van der Waals surface area contributed by atoms with E-state index in [0.29, 0.717) is 0 Å². The van der Waals surface area contributed by atoms with Gasteiger partial charge in [0.25, 0.3) is 0 Å². The Morgan fingerprint density at radius 2 is 2.50 bits per heavy atom. The van der Waals surface area contributed by atoms with Crippen LogP contribution in [0.5, 0.6) is 0 Å². The van der Waals surface area contributed by atoms with Crippen molar-refractivity contribution in [3.8, 4) is 0 Å². The highest BCUT2D eigenvalue weighted by atomic mass is 127. The quantitative estimate of drug-likeness (QED) is 0.494. The second kappa shape index (κ2) is 2.77. The molecule has 0 aromatic carbocycles. The Bertz CT molecular complexity index is 96.6. The normalized spacial score (nSPS) is 28.4. The highest BCUT2D eigenvalue weighted by Gasteiger charge is 2.20. The van der Waals surface area contributed by atoms with Crippen LogP contribution >= 0.6 is 22.6 Å². The van der Waals surface area contributed by atoms with Crippen LogP contribution in [0, 0.1) is 0 Å². The average molecular weight is 226 g/mol. The van der Waals surface area contributed by atoms with Gasteiger partial charge in [0, 0.05) is 29.2 Å². The lowest BCUT2D eigenvalue weighted by Crippen LogP contribution is -2.11. The molecule has 0 amide bonds. The summed E-state index contributed by atoms with van der Waals surface area (Å²) in [5.74, 6) is 0. The number of rotatable bonds is 1. The Hall–Kier alpha value is 0.360. The summed E-state index contributed by atoms with van der Waals surface area (Å²) in [4.78, 5) is 10.5. The Balaban J connectivity index is 2.35. The molecule has 1 aliphatic heterocycles. The van der Waals surface area contributed by atoms with Crippen molar-refractivity contribution in [2.75, 3.05) is 6.61 Å². The van der Waals surface area contributed by atoms with E-state index in [1.54, 1.807) is 22.6 Å². The van der Waals surface area contributed by atoms with Gasteiger partial charge in [-0.2, -0.15) is 0 Å². The van der Waals surface area contributed by atoms with Crippen LogP contribution in [0.25, 0.3) is 0 Å². The molecule has 0 aromatic heterocycles. The smallest absolute Gasteiger partial charge is 0.220 e. The molecular weight excluding hydrogens is 219 g/mol. The van der Waals surface area contributed by atoms with E-state index in [-0.39, 0.29) is 9.89 Å². The van der Waals surface area contributed by atoms with Crippen molar-refractivity contribution < 1.29 is 9.53 Å². The van der Waals surface area contributed by atoms with E-state index in [4.69, 9.17) is 4.74 Å². The Morgan fingerprint density at radius 1 is 1.75 bits per heavy atom. The molecule has 1 heterocycles. The van der Waals surface area contributed by atoms with Gasteiger partial charge < -0.3 is 4.74 Å². The van der Waals surface area contributed by atoms with Gasteiger partial charge in [-0.05, 0) is 12.8 Å². The number of ether oxygens (including phenoxy) is 1. The molecular formula is C5H7IO2. The summed E-state index contributed by atoms with van der Waals surface area (Å²) < 4.78 is 5.20. The van der Waals surface area contributed by atoms with Gasteiger partial charge in [-0.3, -0.25) is 4.79 Å². The fourth-order valence-corrected chi connectivity index (χ4v) is 1.25. The summed E-state index contributed by atoms with van der Waals surface area (Å²) in [5, 5.41) is 0. The van der Waals surface area contributed by atoms with Crippen molar-refractivity contribution >= 4 is 26.4 Å². The third kappa shape index (κ3) is 1.42. The van der Waals surface area contributed by atoms with Crippen molar-refractivity contribution in [2.45, 2.75) is 18.9 Å². The first-order valence-electron chi connectivity index (χ1n) is 2.61. The first kappa shape index (κ1) is 6.48. The first-order valence-corrected chi connectivity index (χ1v) is 3.69. The third-order valence-electron chi connectivity index (χ3n) is 1.18. The summed E-state index contributed by atoms with van der Waals surface area (Å²) >= 11 is 1.78. The zero-order chi connectivity index (χ0) is 5.98. The van der Waals surface area contributed by atoms with Gasteiger partial charge in [-0.25, -0.2) is 0 Å². The van der Waals surface area contributed by atoms with Crippen LogP contribution in [0.15, 0.2) is 0 Å². The Morgan fingerprint density at radius 3 is 2.75 bits per heavy atom. The van der Waals surface area contributed by atoms with Crippen LogP contribution in [-0.4, -0.2) is 16.5 Å². The summed E-state index contributed by atoms with van der Waals surface area (Å²) in [6.07, 6.45) is 1.87. The molecule has 0 bridgehead atoms. The molecule has 1 atom stereocenters. The zero-order valence-corrected chi connectivity index (χ0v) is 6.55. The van der Waals surface area contributed by atoms with Crippen LogP contribution < -0.4 is 0 Å². The van der Waals surface area contributed by atoms with Gasteiger partial charge in [-0.15, -0.1) is 0 Å². The van der Waals surface area contributed by atoms with Crippen LogP contribution in [0.2, 0.25) is 0 Å². The minimum Gasteiger partial charge on any atom is -0.370 e. The van der Waals surface area contributed by atoms with Gasteiger partial charge in [-0.1, -0.05) is 0 Å². The molecule has 1 fully saturated rings. The summed E-state index contributed by atoms with van der Waals surface area (Å²) in [5.41, 5.74) is 0. The van der Waals surface area contributed by atoms with Crippen LogP contribution in [0.1, 0.15) is 12.8 Å². The van der Waals surface area contributed by atoms with Gasteiger partial charge >= 0.3 is 0 Å². The Labute approximate surface area is 61.7 Å². The van der Waals surface area contributed by atoms with E-state index in [0.717, 1.165) is 19.4 Å². The Kier molecular flexibility index (Phi) is 2.25. The molecule has 8 heavy (non-hydrogen) atoms. The van der Waals surface area contributed by atoms with Crippen LogP contribution in [-0.2, 0) is 9.53 Å². The molecule has 0 N–H and O–H groups in total. The zero-order valence-electron chi connectivity index (χ0n) is 4.39. The molecule has 1 rings (SSSR count). The molecule has 0 radical (unpaired) electrons. The lowest BCUT2D eigenvalue weighted by Gasteiger charge is -1.99. The van der Waals surface area contributed by atoms with Gasteiger partial charge in [0.05, 0.1) is 0 Å². The molecule has 0 saturated carbocycles. The average Bonchev–Trinajstić information content (AvgIpc) is 2.12. The molecule has 0 unspecified atom stereocenters. The monoisotopic (exact) mass is 226 g/mol. The topological polar surface area (TPSA) is 26.3 Å². The van der Waals surface area contributed by atoms with E-state index in [2.05, 4.69) is 0 Å². The van der Waals surface area contributed by atoms with E-state index in [9.17, 15) is 4.79 Å². The minimum atomic E-state index is -0.0874. The van der Waals surface area contributed by atoms with Crippen molar-refractivity contribution in [1.29, 1.82) is 0 Å². The van der Waals surface area contributed by atoms with Crippen LogP contribution in [0.3, 0.4) is 0 Å². The summed E-state index contributed by atoms with van der Waals surface area (Å²) in [7, 11) is 0. The highest BCUT2D eigenvalue weighted by molar-refractivity contribution is 14.1. The van der Waals surface area contributed by atoms with Crippen LogP contribution in [0.4, 0.5) is 0 Å². The second-order valence-corrected chi connectivity index (χ2v) is 2.87. The van der Waals surface area contributed by atoms with E-state index >= 15 is 0 Å². The predicted molar refractivity (Wildman–Crippen MR) is 38.0 cm³/mol. The molecule has 0 aromatic rings. The highest BCUT2D eigenvalue weighted by Crippen LogP contribution is 2.14. The SMILES string of the molecule is O=C(I)[C@@H]1CCCO1. The van der Waals surface area contributed by atoms with Gasteiger partial charge in [0.15, 0.2) is 0 Å². The molecule has 2 nitrogen and oxygen atoms in total. The number of hydrogen-bond donors (Lipinski definition) is 0. The standard InChI is InChI=1S/C5H7IO2/c6-5(7)4-2-1-3-8-4/h4H,1-3H2/t4-/m0/s1. The molecule has 46 valence electrons. The molecule has 0 spiro atoms. The second-order valence-electron chi connectivity index (χ2n) is 1.81. The van der Waals surface area contributed by atoms with E-state index < -0.39 is 0 Å². The summed E-state index contributed by atoms with van der Waals surface area (Å²) in [6.45, 7) is 0.763. The number of carbonyl (C=O) groups excluding carboxylic acids is 1. The maximum atomic E-state index is 10.5. The maximum Gasteiger partial charge on any atom is 0.220 e. The lowest BCUT2D eigenvalue weighted by atomic mass is 10.3.